The summed E-state index contributed by atoms with van der Waals surface area (Å²) in [4.78, 5) is 16.7. The zero-order valence-corrected chi connectivity index (χ0v) is 13.5. The van der Waals surface area contributed by atoms with Crippen molar-refractivity contribution in [1.29, 1.82) is 0 Å². The Bertz CT molecular complexity index is 495. The minimum atomic E-state index is -0.290. The molecule has 1 aliphatic heterocycles. The lowest BCUT2D eigenvalue weighted by atomic mass is 10.0. The molecule has 0 spiro atoms. The molecule has 5 heteroatoms. The molecule has 0 bridgehead atoms. The van der Waals surface area contributed by atoms with Crippen LogP contribution in [-0.2, 0) is 11.2 Å². The normalized spacial score (nSPS) is 21.1. The van der Waals surface area contributed by atoms with Gasteiger partial charge in [-0.1, -0.05) is 22.0 Å². The van der Waals surface area contributed by atoms with E-state index in [1.165, 1.54) is 12.1 Å². The van der Waals surface area contributed by atoms with E-state index in [2.05, 4.69) is 39.8 Å². The lowest BCUT2D eigenvalue weighted by Gasteiger charge is -2.37. The minimum absolute atomic E-state index is 0.199. The molecule has 1 aliphatic rings. The maximum atomic E-state index is 13.0. The Morgan fingerprint density at radius 2 is 2.15 bits per heavy atom. The number of piperazine rings is 1. The molecule has 0 N–H and O–H groups in total. The Balaban J connectivity index is 1.94. The first kappa shape index (κ1) is 15.6. The van der Waals surface area contributed by atoms with E-state index in [0.717, 1.165) is 25.2 Å². The van der Waals surface area contributed by atoms with Crippen molar-refractivity contribution < 1.29 is 9.18 Å². The molecule has 0 radical (unpaired) electrons. The van der Waals surface area contributed by atoms with Crippen LogP contribution in [-0.4, -0.2) is 55.4 Å². The molecule has 1 fully saturated rings. The molecule has 1 aromatic rings. The first-order valence-corrected chi connectivity index (χ1v) is 7.59. The van der Waals surface area contributed by atoms with Gasteiger partial charge in [-0.3, -0.25) is 4.79 Å². The van der Waals surface area contributed by atoms with E-state index < -0.39 is 0 Å². The molecule has 1 aromatic carbocycles. The molecule has 0 amide bonds. The molecule has 1 saturated heterocycles. The number of hydrogen-bond acceptors (Lipinski definition) is 3. The summed E-state index contributed by atoms with van der Waals surface area (Å²) >= 11 is 3.31. The third-order valence-electron chi connectivity index (χ3n) is 3.85. The van der Waals surface area contributed by atoms with Crippen molar-refractivity contribution in [1.82, 2.24) is 9.80 Å². The highest BCUT2D eigenvalue weighted by Gasteiger charge is 2.24. The first-order valence-electron chi connectivity index (χ1n) is 6.80. The topological polar surface area (TPSA) is 23.6 Å². The van der Waals surface area contributed by atoms with Gasteiger partial charge in [-0.2, -0.15) is 0 Å². The number of likely N-dealkylation sites (N-methyl/N-ethyl adjacent to an activating group) is 2. The molecule has 1 atom stereocenters. The van der Waals surface area contributed by atoms with Crippen LogP contribution in [0.25, 0.3) is 0 Å². The fraction of sp³-hybridized carbons (Fsp3) is 0.533. The van der Waals surface area contributed by atoms with Gasteiger partial charge in [0.05, 0.1) is 0 Å². The van der Waals surface area contributed by atoms with Gasteiger partial charge in [0.1, 0.15) is 11.6 Å². The molecule has 1 unspecified atom stereocenters. The Kier molecular flexibility index (Phi) is 5.29. The lowest BCUT2D eigenvalue weighted by molar-refractivity contribution is -0.120. The molecular formula is C15H20BrFN2O. The van der Waals surface area contributed by atoms with Gasteiger partial charge >= 0.3 is 0 Å². The van der Waals surface area contributed by atoms with Crippen LogP contribution < -0.4 is 0 Å². The van der Waals surface area contributed by atoms with Crippen molar-refractivity contribution in [3.05, 3.63) is 34.1 Å². The van der Waals surface area contributed by atoms with Gasteiger partial charge < -0.3 is 9.80 Å². The summed E-state index contributed by atoms with van der Waals surface area (Å²) in [5.74, 6) is -0.0915. The maximum Gasteiger partial charge on any atom is 0.138 e. The number of benzene rings is 1. The average molecular weight is 343 g/mol. The van der Waals surface area contributed by atoms with E-state index >= 15 is 0 Å². The van der Waals surface area contributed by atoms with Gasteiger partial charge in [0.2, 0.25) is 0 Å². The maximum absolute atomic E-state index is 13.0. The van der Waals surface area contributed by atoms with Crippen LogP contribution in [0.4, 0.5) is 4.39 Å². The molecule has 2 rings (SSSR count). The smallest absolute Gasteiger partial charge is 0.138 e. The zero-order valence-electron chi connectivity index (χ0n) is 11.9. The second-order valence-corrected chi connectivity index (χ2v) is 6.41. The van der Waals surface area contributed by atoms with Crippen molar-refractivity contribution in [3.63, 3.8) is 0 Å². The summed E-state index contributed by atoms with van der Waals surface area (Å²) in [7, 11) is 4.15. The monoisotopic (exact) mass is 342 g/mol. The van der Waals surface area contributed by atoms with Crippen molar-refractivity contribution >= 4 is 21.7 Å². The van der Waals surface area contributed by atoms with Crippen LogP contribution in [0.15, 0.2) is 22.7 Å². The number of halogens is 2. The number of Topliss-reactive ketones (excluding diaryl/α,β-unsaturated/α-hetero) is 1. The number of carbonyl (C=O) groups is 1. The summed E-state index contributed by atoms with van der Waals surface area (Å²) < 4.78 is 13.7. The Morgan fingerprint density at radius 3 is 2.85 bits per heavy atom. The van der Waals surface area contributed by atoms with Crippen LogP contribution in [0.3, 0.4) is 0 Å². The summed E-state index contributed by atoms with van der Waals surface area (Å²) in [6, 6.07) is 4.76. The Morgan fingerprint density at radius 1 is 1.40 bits per heavy atom. The summed E-state index contributed by atoms with van der Waals surface area (Å²) in [5, 5.41) is 0. The van der Waals surface area contributed by atoms with Crippen molar-refractivity contribution in [2.45, 2.75) is 18.9 Å². The predicted molar refractivity (Wildman–Crippen MR) is 81.3 cm³/mol. The average Bonchev–Trinajstić information content (AvgIpc) is 2.37. The number of rotatable bonds is 4. The number of carbonyl (C=O) groups excluding carboxylic acids is 1. The molecule has 110 valence electrons. The molecule has 3 nitrogen and oxygen atoms in total. The van der Waals surface area contributed by atoms with Gasteiger partial charge in [0, 0.05) is 43.0 Å². The second kappa shape index (κ2) is 6.78. The molecule has 0 aliphatic carbocycles. The van der Waals surface area contributed by atoms with E-state index in [0.29, 0.717) is 17.3 Å². The second-order valence-electron chi connectivity index (χ2n) is 5.55. The Labute approximate surface area is 127 Å². The van der Waals surface area contributed by atoms with Gasteiger partial charge in [0.25, 0.3) is 0 Å². The highest BCUT2D eigenvalue weighted by Crippen LogP contribution is 2.20. The number of nitrogens with zero attached hydrogens (tertiary/aromatic N) is 2. The van der Waals surface area contributed by atoms with Crippen LogP contribution >= 0.6 is 15.9 Å². The SMILES string of the molecule is CN1CCN(C)C(CC(=O)Cc2ccc(F)cc2Br)C1. The van der Waals surface area contributed by atoms with Crippen LogP contribution in [0.1, 0.15) is 12.0 Å². The van der Waals surface area contributed by atoms with E-state index in [1.807, 2.05) is 0 Å². The van der Waals surface area contributed by atoms with Crippen molar-refractivity contribution in [2.75, 3.05) is 33.7 Å². The summed E-state index contributed by atoms with van der Waals surface area (Å²) in [5.41, 5.74) is 0.850. The zero-order chi connectivity index (χ0) is 14.7. The number of ketones is 1. The molecule has 20 heavy (non-hydrogen) atoms. The van der Waals surface area contributed by atoms with Crippen LogP contribution in [0, 0.1) is 5.82 Å². The number of hydrogen-bond donors (Lipinski definition) is 0. The van der Waals surface area contributed by atoms with E-state index in [1.54, 1.807) is 6.07 Å². The quantitative estimate of drug-likeness (QED) is 0.839. The van der Waals surface area contributed by atoms with Crippen LogP contribution in [0.2, 0.25) is 0 Å². The fourth-order valence-electron chi connectivity index (χ4n) is 2.53. The summed E-state index contributed by atoms with van der Waals surface area (Å²) in [6.07, 6.45) is 0.902. The van der Waals surface area contributed by atoms with Gasteiger partial charge in [-0.25, -0.2) is 4.39 Å². The highest BCUT2D eigenvalue weighted by molar-refractivity contribution is 9.10. The molecule has 0 saturated carbocycles. The Hall–Kier alpha value is -0.780. The van der Waals surface area contributed by atoms with Crippen molar-refractivity contribution in [3.8, 4) is 0 Å². The van der Waals surface area contributed by atoms with Crippen LogP contribution in [0.5, 0.6) is 0 Å². The highest BCUT2D eigenvalue weighted by atomic mass is 79.9. The summed E-state index contributed by atoms with van der Waals surface area (Å²) in [6.45, 7) is 2.96. The third kappa shape index (κ3) is 4.11. The van der Waals surface area contributed by atoms with E-state index in [9.17, 15) is 9.18 Å². The molecule has 0 aromatic heterocycles. The lowest BCUT2D eigenvalue weighted by Crippen LogP contribution is -2.50. The first-order chi connectivity index (χ1) is 9.45. The minimum Gasteiger partial charge on any atom is -0.304 e. The molecule has 1 heterocycles. The predicted octanol–water partition coefficient (Wildman–Crippen LogP) is 2.34. The standard InChI is InChI=1S/C15H20BrFN2O/c1-18-5-6-19(2)13(10-18)9-14(20)7-11-3-4-12(17)8-15(11)16/h3-4,8,13H,5-7,9-10H2,1-2H3. The van der Waals surface area contributed by atoms with E-state index in [4.69, 9.17) is 0 Å². The van der Waals surface area contributed by atoms with Gasteiger partial charge in [0.15, 0.2) is 0 Å². The van der Waals surface area contributed by atoms with Gasteiger partial charge in [-0.15, -0.1) is 0 Å². The van der Waals surface area contributed by atoms with Crippen molar-refractivity contribution in [2.24, 2.45) is 0 Å². The third-order valence-corrected chi connectivity index (χ3v) is 4.58. The van der Waals surface area contributed by atoms with Gasteiger partial charge in [-0.05, 0) is 31.8 Å². The fourth-order valence-corrected chi connectivity index (χ4v) is 3.03. The van der Waals surface area contributed by atoms with E-state index in [-0.39, 0.29) is 17.6 Å². The largest absolute Gasteiger partial charge is 0.304 e. The molecular weight excluding hydrogens is 323 g/mol.